The maximum Gasteiger partial charge on any atom is 0.255 e. The van der Waals surface area contributed by atoms with Gasteiger partial charge in [-0.1, -0.05) is 24.3 Å². The number of hydrogen-bond donors (Lipinski definition) is 1. The first kappa shape index (κ1) is 17.8. The van der Waals surface area contributed by atoms with Gasteiger partial charge in [-0.3, -0.25) is 9.59 Å². The first-order valence-electron chi connectivity index (χ1n) is 8.48. The van der Waals surface area contributed by atoms with Gasteiger partial charge in [0.1, 0.15) is 0 Å². The van der Waals surface area contributed by atoms with E-state index in [1.165, 1.54) is 14.2 Å². The minimum absolute atomic E-state index is 0.0725. The predicted molar refractivity (Wildman–Crippen MR) is 98.8 cm³/mol. The van der Waals surface area contributed by atoms with Crippen molar-refractivity contribution < 1.29 is 19.1 Å². The van der Waals surface area contributed by atoms with E-state index in [0.29, 0.717) is 36.6 Å². The summed E-state index contributed by atoms with van der Waals surface area (Å²) in [6.45, 7) is 1.02. The second-order valence-electron chi connectivity index (χ2n) is 6.16. The Morgan fingerprint density at radius 1 is 1.12 bits per heavy atom. The fourth-order valence-corrected chi connectivity index (χ4v) is 3.17. The fraction of sp³-hybridized carbons (Fsp3) is 0.300. The van der Waals surface area contributed by atoms with Crippen LogP contribution in [-0.4, -0.2) is 39.1 Å². The van der Waals surface area contributed by atoms with E-state index in [-0.39, 0.29) is 17.7 Å². The smallest absolute Gasteiger partial charge is 0.255 e. The first-order chi connectivity index (χ1) is 12.6. The van der Waals surface area contributed by atoms with Crippen LogP contribution in [0.1, 0.15) is 16.8 Å². The second kappa shape index (κ2) is 7.91. The van der Waals surface area contributed by atoms with Crippen LogP contribution in [0.15, 0.2) is 48.5 Å². The Bertz CT molecular complexity index is 792. The van der Waals surface area contributed by atoms with Crippen molar-refractivity contribution in [2.45, 2.75) is 6.42 Å². The maximum absolute atomic E-state index is 12.5. The lowest BCUT2D eigenvalue weighted by molar-refractivity contribution is -0.117. The Morgan fingerprint density at radius 3 is 2.58 bits per heavy atom. The molecule has 1 aliphatic heterocycles. The van der Waals surface area contributed by atoms with Crippen molar-refractivity contribution in [1.82, 2.24) is 5.32 Å². The number of para-hydroxylation sites is 2. The minimum atomic E-state index is -0.244. The molecule has 1 unspecified atom stereocenters. The standard InChI is InChI=1S/C20H22N2O4/c1-25-17-10-6-9-16(19(17)26-2)20(24)21-12-14-11-18(23)22(13-14)15-7-4-3-5-8-15/h3-10,14H,11-13H2,1-2H3,(H,21,24). The third-order valence-corrected chi connectivity index (χ3v) is 4.47. The van der Waals surface area contributed by atoms with Crippen LogP contribution in [0, 0.1) is 5.92 Å². The largest absolute Gasteiger partial charge is 0.493 e. The van der Waals surface area contributed by atoms with E-state index in [1.807, 2.05) is 30.3 Å². The Morgan fingerprint density at radius 2 is 1.88 bits per heavy atom. The topological polar surface area (TPSA) is 67.9 Å². The third kappa shape index (κ3) is 3.64. The van der Waals surface area contributed by atoms with Gasteiger partial charge < -0.3 is 19.7 Å². The van der Waals surface area contributed by atoms with Crippen LogP contribution in [-0.2, 0) is 4.79 Å². The van der Waals surface area contributed by atoms with Crippen LogP contribution in [0.3, 0.4) is 0 Å². The minimum Gasteiger partial charge on any atom is -0.493 e. The summed E-state index contributed by atoms with van der Waals surface area (Å²) < 4.78 is 10.5. The third-order valence-electron chi connectivity index (χ3n) is 4.47. The van der Waals surface area contributed by atoms with E-state index in [2.05, 4.69) is 5.32 Å². The molecule has 1 heterocycles. The molecule has 1 N–H and O–H groups in total. The zero-order valence-electron chi connectivity index (χ0n) is 14.9. The quantitative estimate of drug-likeness (QED) is 0.865. The van der Waals surface area contributed by atoms with Crippen molar-refractivity contribution in [1.29, 1.82) is 0 Å². The molecular weight excluding hydrogens is 332 g/mol. The van der Waals surface area contributed by atoms with E-state index < -0.39 is 0 Å². The summed E-state index contributed by atoms with van der Waals surface area (Å²) in [6.07, 6.45) is 0.421. The predicted octanol–water partition coefficient (Wildman–Crippen LogP) is 2.49. The number of benzene rings is 2. The Kier molecular flexibility index (Phi) is 5.41. The maximum atomic E-state index is 12.5. The number of methoxy groups -OCH3 is 2. The summed E-state index contributed by atoms with van der Waals surface area (Å²) in [5.74, 6) is 0.816. The Hall–Kier alpha value is -3.02. The Labute approximate surface area is 152 Å². The zero-order valence-corrected chi connectivity index (χ0v) is 14.9. The van der Waals surface area contributed by atoms with Crippen LogP contribution < -0.4 is 19.7 Å². The van der Waals surface area contributed by atoms with Crippen molar-refractivity contribution in [2.24, 2.45) is 5.92 Å². The molecule has 0 spiro atoms. The van der Waals surface area contributed by atoms with Crippen LogP contribution in [0.5, 0.6) is 11.5 Å². The average Bonchev–Trinajstić information content (AvgIpc) is 3.06. The second-order valence-corrected chi connectivity index (χ2v) is 6.16. The molecule has 1 atom stereocenters. The fourth-order valence-electron chi connectivity index (χ4n) is 3.17. The number of hydrogen-bond acceptors (Lipinski definition) is 4. The van der Waals surface area contributed by atoms with Gasteiger partial charge in [0.2, 0.25) is 5.91 Å². The number of carbonyl (C=O) groups is 2. The highest BCUT2D eigenvalue weighted by Gasteiger charge is 2.31. The molecule has 6 nitrogen and oxygen atoms in total. The number of nitrogens with one attached hydrogen (secondary N) is 1. The number of amides is 2. The molecule has 3 rings (SSSR count). The summed E-state index contributed by atoms with van der Waals surface area (Å²) in [4.78, 5) is 26.6. The molecule has 2 amide bonds. The molecule has 6 heteroatoms. The van der Waals surface area contributed by atoms with Crippen LogP contribution in [0.4, 0.5) is 5.69 Å². The molecule has 0 saturated carbocycles. The van der Waals surface area contributed by atoms with Gasteiger partial charge in [0.05, 0.1) is 19.8 Å². The van der Waals surface area contributed by atoms with E-state index >= 15 is 0 Å². The van der Waals surface area contributed by atoms with Crippen molar-refractivity contribution in [3.05, 3.63) is 54.1 Å². The number of rotatable bonds is 6. The highest BCUT2D eigenvalue weighted by Crippen LogP contribution is 2.30. The highest BCUT2D eigenvalue weighted by molar-refractivity contribution is 5.98. The number of ether oxygens (including phenoxy) is 2. The number of anilines is 1. The summed E-state index contributed by atoms with van der Waals surface area (Å²) >= 11 is 0. The molecule has 0 aliphatic carbocycles. The molecule has 0 bridgehead atoms. The van der Waals surface area contributed by atoms with Crippen molar-refractivity contribution >= 4 is 17.5 Å². The van der Waals surface area contributed by atoms with Gasteiger partial charge in [-0.25, -0.2) is 0 Å². The molecule has 136 valence electrons. The zero-order chi connectivity index (χ0) is 18.5. The van der Waals surface area contributed by atoms with Crippen molar-refractivity contribution in [3.8, 4) is 11.5 Å². The van der Waals surface area contributed by atoms with Crippen LogP contribution >= 0.6 is 0 Å². The van der Waals surface area contributed by atoms with E-state index in [1.54, 1.807) is 23.1 Å². The normalized spacial score (nSPS) is 16.5. The van der Waals surface area contributed by atoms with Gasteiger partial charge in [0.25, 0.3) is 5.91 Å². The summed E-state index contributed by atoms with van der Waals surface area (Å²) in [5.41, 5.74) is 1.30. The number of nitrogens with zero attached hydrogens (tertiary/aromatic N) is 1. The molecule has 0 aromatic heterocycles. The lowest BCUT2D eigenvalue weighted by Gasteiger charge is -2.17. The summed E-state index contributed by atoms with van der Waals surface area (Å²) in [6, 6.07) is 14.7. The average molecular weight is 354 g/mol. The van der Waals surface area contributed by atoms with Crippen LogP contribution in [0.25, 0.3) is 0 Å². The van der Waals surface area contributed by atoms with Crippen molar-refractivity contribution in [3.63, 3.8) is 0 Å². The molecule has 26 heavy (non-hydrogen) atoms. The monoisotopic (exact) mass is 354 g/mol. The Balaban J connectivity index is 1.63. The molecule has 1 saturated heterocycles. The van der Waals surface area contributed by atoms with E-state index in [4.69, 9.17) is 9.47 Å². The first-order valence-corrected chi connectivity index (χ1v) is 8.48. The number of carbonyl (C=O) groups excluding carboxylic acids is 2. The molecule has 1 fully saturated rings. The summed E-state index contributed by atoms with van der Waals surface area (Å²) in [7, 11) is 3.03. The summed E-state index contributed by atoms with van der Waals surface area (Å²) in [5, 5.41) is 2.91. The lowest BCUT2D eigenvalue weighted by Crippen LogP contribution is -2.31. The van der Waals surface area contributed by atoms with Gasteiger partial charge in [-0.05, 0) is 24.3 Å². The highest BCUT2D eigenvalue weighted by atomic mass is 16.5. The molecule has 2 aromatic rings. The molecular formula is C20H22N2O4. The van der Waals surface area contributed by atoms with Gasteiger partial charge in [0.15, 0.2) is 11.5 Å². The lowest BCUT2D eigenvalue weighted by atomic mass is 10.1. The molecule has 2 aromatic carbocycles. The molecule has 0 radical (unpaired) electrons. The molecule has 1 aliphatic rings. The van der Waals surface area contributed by atoms with E-state index in [9.17, 15) is 9.59 Å². The SMILES string of the molecule is COc1cccc(C(=O)NCC2CC(=O)N(c3ccccc3)C2)c1OC. The van der Waals surface area contributed by atoms with Gasteiger partial charge in [0, 0.05) is 31.1 Å². The van der Waals surface area contributed by atoms with Crippen molar-refractivity contribution in [2.75, 3.05) is 32.2 Å². The van der Waals surface area contributed by atoms with Crippen LogP contribution in [0.2, 0.25) is 0 Å². The van der Waals surface area contributed by atoms with E-state index in [0.717, 1.165) is 5.69 Å². The van der Waals surface area contributed by atoms with Gasteiger partial charge >= 0.3 is 0 Å². The van der Waals surface area contributed by atoms with Gasteiger partial charge in [-0.15, -0.1) is 0 Å². The van der Waals surface area contributed by atoms with Gasteiger partial charge in [-0.2, -0.15) is 0 Å².